The maximum absolute atomic E-state index is 12.9. The van der Waals surface area contributed by atoms with Crippen molar-refractivity contribution < 1.29 is 32.3 Å². The van der Waals surface area contributed by atoms with Crippen LogP contribution in [0.3, 0.4) is 0 Å². The fraction of sp³-hybridized carbons (Fsp3) is 0.714. The summed E-state index contributed by atoms with van der Waals surface area (Å²) in [6, 6.07) is 3.88. The smallest absolute Gasteiger partial charge is 0.397 e. The van der Waals surface area contributed by atoms with E-state index in [2.05, 4.69) is 0 Å². The fourth-order valence-corrected chi connectivity index (χ4v) is 5.30. The van der Waals surface area contributed by atoms with Crippen LogP contribution >= 0.6 is 16.2 Å². The zero-order valence-corrected chi connectivity index (χ0v) is 21.5. The van der Waals surface area contributed by atoms with Gasteiger partial charge in [0.05, 0.1) is 18.4 Å². The van der Waals surface area contributed by atoms with Crippen LogP contribution in [0.15, 0.2) is 12.1 Å². The van der Waals surface area contributed by atoms with Crippen molar-refractivity contribution in [2.24, 2.45) is 0 Å². The summed E-state index contributed by atoms with van der Waals surface area (Å²) in [6.07, 6.45) is 0.443. The summed E-state index contributed by atoms with van der Waals surface area (Å²) in [5, 5.41) is 9.65. The molecule has 0 spiro atoms. The topological polar surface area (TPSA) is 83.5 Å². The van der Waals surface area contributed by atoms with Crippen molar-refractivity contribution in [1.29, 1.82) is 0 Å². The number of rotatable bonds is 13. The maximum Gasteiger partial charge on any atom is 0.397 e. The molecule has 7 nitrogen and oxygen atoms in total. The minimum absolute atomic E-state index is 0.00568. The number of hydrogen-bond donors (Lipinski definition) is 1. The standard InChI is InChI=1S/C21H38O7P2/c1-15(2)26-29(27-16(3)4)28-19-13-17(5)12-18(14-30(23,24-8)25-9)20(19)21(6,7)10-11-22/h12-13,15-16,22H,10-11,14H2,1-9H3. The first-order valence-electron chi connectivity index (χ1n) is 10.1. The fourth-order valence-electron chi connectivity index (χ4n) is 3.10. The van der Waals surface area contributed by atoms with E-state index in [-0.39, 0.29) is 25.0 Å². The van der Waals surface area contributed by atoms with Crippen molar-refractivity contribution in [2.45, 2.75) is 78.7 Å². The van der Waals surface area contributed by atoms with Gasteiger partial charge in [0.15, 0.2) is 0 Å². The predicted molar refractivity (Wildman–Crippen MR) is 121 cm³/mol. The van der Waals surface area contributed by atoms with E-state index in [0.29, 0.717) is 12.2 Å². The van der Waals surface area contributed by atoms with E-state index < -0.39 is 21.6 Å². The molecule has 0 aromatic heterocycles. The first kappa shape index (κ1) is 27.5. The second kappa shape index (κ2) is 11.9. The van der Waals surface area contributed by atoms with Crippen LogP contribution in [-0.4, -0.2) is 38.1 Å². The Bertz CT molecular complexity index is 702. The molecule has 1 aromatic carbocycles. The second-order valence-electron chi connectivity index (χ2n) is 8.41. The molecule has 0 aliphatic rings. The van der Waals surface area contributed by atoms with Gasteiger partial charge >= 0.3 is 16.2 Å². The van der Waals surface area contributed by atoms with Gasteiger partial charge in [0.2, 0.25) is 0 Å². The first-order valence-corrected chi connectivity index (χ1v) is 13.0. The van der Waals surface area contributed by atoms with Gasteiger partial charge in [-0.3, -0.25) is 13.6 Å². The summed E-state index contributed by atoms with van der Waals surface area (Å²) in [5.74, 6) is 0.592. The van der Waals surface area contributed by atoms with E-state index in [0.717, 1.165) is 16.7 Å². The Kier molecular flexibility index (Phi) is 10.9. The van der Waals surface area contributed by atoms with Crippen LogP contribution in [0.1, 0.15) is 64.7 Å². The highest BCUT2D eigenvalue weighted by molar-refractivity contribution is 7.52. The highest BCUT2D eigenvalue weighted by Gasteiger charge is 2.33. The van der Waals surface area contributed by atoms with E-state index in [4.69, 9.17) is 22.6 Å². The SMILES string of the molecule is COP(=O)(Cc1cc(C)cc(OP(OC(C)C)OC(C)C)c1C(C)(C)CCO)OC. The molecule has 1 N–H and O–H groups in total. The van der Waals surface area contributed by atoms with Crippen LogP contribution in [0.4, 0.5) is 0 Å². The Balaban J connectivity index is 3.57. The molecule has 1 aromatic rings. The first-order chi connectivity index (χ1) is 13.9. The van der Waals surface area contributed by atoms with Gasteiger partial charge in [-0.05, 0) is 63.6 Å². The van der Waals surface area contributed by atoms with Crippen LogP contribution in [0.2, 0.25) is 0 Å². The molecule has 0 atom stereocenters. The zero-order valence-electron chi connectivity index (χ0n) is 19.7. The Hall–Kier alpha value is -0.520. The van der Waals surface area contributed by atoms with Crippen molar-refractivity contribution >= 4 is 16.2 Å². The van der Waals surface area contributed by atoms with E-state index in [9.17, 15) is 9.67 Å². The number of hydrogen-bond acceptors (Lipinski definition) is 7. The summed E-state index contributed by atoms with van der Waals surface area (Å²) >= 11 is 0. The molecule has 174 valence electrons. The Morgan fingerprint density at radius 3 is 2.03 bits per heavy atom. The van der Waals surface area contributed by atoms with Crippen molar-refractivity contribution in [3.8, 4) is 5.75 Å². The molecule has 9 heteroatoms. The normalized spacial score (nSPS) is 13.0. The number of aliphatic hydroxyl groups is 1. The lowest BCUT2D eigenvalue weighted by Gasteiger charge is -2.32. The summed E-state index contributed by atoms with van der Waals surface area (Å²) < 4.78 is 41.3. The Morgan fingerprint density at radius 1 is 1.07 bits per heavy atom. The molecule has 0 heterocycles. The molecule has 0 unspecified atom stereocenters. The third-order valence-corrected chi connectivity index (χ3v) is 7.80. The zero-order chi connectivity index (χ0) is 23.1. The number of aryl methyl sites for hydroxylation is 1. The van der Waals surface area contributed by atoms with Gasteiger partial charge in [0, 0.05) is 26.4 Å². The predicted octanol–water partition coefficient (Wildman–Crippen LogP) is 6.10. The summed E-state index contributed by atoms with van der Waals surface area (Å²) in [4.78, 5) is 0. The highest BCUT2D eigenvalue weighted by atomic mass is 31.2. The van der Waals surface area contributed by atoms with Crippen LogP contribution < -0.4 is 4.52 Å². The molecule has 0 bridgehead atoms. The second-order valence-corrected chi connectivity index (χ2v) is 11.7. The molecule has 0 amide bonds. The third-order valence-electron chi connectivity index (χ3n) is 4.43. The molecule has 1 rings (SSSR count). The van der Waals surface area contributed by atoms with Crippen LogP contribution in [0.25, 0.3) is 0 Å². The molecule has 0 aliphatic heterocycles. The molecule has 30 heavy (non-hydrogen) atoms. The lowest BCUT2D eigenvalue weighted by molar-refractivity contribution is 0.143. The molecule has 0 radical (unpaired) electrons. The van der Waals surface area contributed by atoms with Crippen LogP contribution in [0, 0.1) is 6.92 Å². The average Bonchev–Trinajstić information content (AvgIpc) is 2.59. The Labute approximate surface area is 182 Å². The number of benzene rings is 1. The van der Waals surface area contributed by atoms with Gasteiger partial charge in [-0.25, -0.2) is 0 Å². The molecular formula is C21H38O7P2. The van der Waals surface area contributed by atoms with Crippen molar-refractivity contribution in [3.63, 3.8) is 0 Å². The summed E-state index contributed by atoms with van der Waals surface area (Å²) in [6.45, 7) is 13.7. The monoisotopic (exact) mass is 464 g/mol. The van der Waals surface area contributed by atoms with Crippen molar-refractivity contribution in [2.75, 3.05) is 20.8 Å². The molecule has 0 saturated carbocycles. The average molecular weight is 464 g/mol. The molecule has 0 aliphatic carbocycles. The minimum atomic E-state index is -3.31. The van der Waals surface area contributed by atoms with Crippen molar-refractivity contribution in [1.82, 2.24) is 0 Å². The summed E-state index contributed by atoms with van der Waals surface area (Å²) in [7, 11) is -2.21. The van der Waals surface area contributed by atoms with Crippen LogP contribution in [-0.2, 0) is 34.2 Å². The lowest BCUT2D eigenvalue weighted by atomic mass is 9.78. The largest absolute Gasteiger partial charge is 0.426 e. The summed E-state index contributed by atoms with van der Waals surface area (Å²) in [5.41, 5.74) is 2.10. The molecule has 0 fully saturated rings. The van der Waals surface area contributed by atoms with E-state index >= 15 is 0 Å². The van der Waals surface area contributed by atoms with Gasteiger partial charge < -0.3 is 18.7 Å². The van der Waals surface area contributed by atoms with Gasteiger partial charge in [0.1, 0.15) is 5.75 Å². The van der Waals surface area contributed by atoms with Gasteiger partial charge in [-0.15, -0.1) is 0 Å². The van der Waals surface area contributed by atoms with E-state index in [1.165, 1.54) is 14.2 Å². The van der Waals surface area contributed by atoms with Crippen LogP contribution in [0.5, 0.6) is 5.75 Å². The third kappa shape index (κ3) is 8.20. The maximum atomic E-state index is 12.9. The van der Waals surface area contributed by atoms with Crippen molar-refractivity contribution in [3.05, 3.63) is 28.8 Å². The quantitative estimate of drug-likeness (QED) is 0.353. The highest BCUT2D eigenvalue weighted by Crippen LogP contribution is 2.54. The van der Waals surface area contributed by atoms with Gasteiger partial charge in [-0.2, -0.15) is 0 Å². The lowest BCUT2D eigenvalue weighted by Crippen LogP contribution is -2.23. The number of aliphatic hydroxyl groups excluding tert-OH is 1. The molecule has 0 saturated heterocycles. The van der Waals surface area contributed by atoms with E-state index in [1.807, 2.05) is 60.6 Å². The minimum Gasteiger partial charge on any atom is -0.426 e. The van der Waals surface area contributed by atoms with Gasteiger partial charge in [-0.1, -0.05) is 19.9 Å². The van der Waals surface area contributed by atoms with E-state index in [1.54, 1.807) is 0 Å². The van der Waals surface area contributed by atoms with Gasteiger partial charge in [0.25, 0.3) is 0 Å². The Morgan fingerprint density at radius 2 is 1.60 bits per heavy atom. The molecular weight excluding hydrogens is 426 g/mol.